The van der Waals surface area contributed by atoms with Crippen molar-refractivity contribution in [3.63, 3.8) is 0 Å². The topological polar surface area (TPSA) is 12.0 Å². The van der Waals surface area contributed by atoms with E-state index in [1.165, 1.54) is 18.2 Å². The number of benzene rings is 2. The maximum absolute atomic E-state index is 14.0. The maximum atomic E-state index is 14.0. The van der Waals surface area contributed by atoms with Gasteiger partial charge in [-0.05, 0) is 49.4 Å². The first kappa shape index (κ1) is 15.6. The minimum absolute atomic E-state index is 0.221. The molecular formula is C15H13Br2F2N. The molecule has 0 amide bonds. The lowest BCUT2D eigenvalue weighted by atomic mass is 9.98. The standard InChI is InChI=1S/C15H13Br2F2N/c1-20-15(12-4-2-10(16)8-14(12)19)7-9-6-11(18)3-5-13(9)17/h2-6,8,15,20H,7H2,1H3. The van der Waals surface area contributed by atoms with Crippen LogP contribution in [-0.4, -0.2) is 7.05 Å². The normalized spacial score (nSPS) is 12.4. The van der Waals surface area contributed by atoms with Gasteiger partial charge in [-0.15, -0.1) is 0 Å². The number of hydrogen-bond donors (Lipinski definition) is 1. The maximum Gasteiger partial charge on any atom is 0.129 e. The van der Waals surface area contributed by atoms with E-state index >= 15 is 0 Å². The van der Waals surface area contributed by atoms with Crippen LogP contribution >= 0.6 is 31.9 Å². The Hall–Kier alpha value is -0.780. The average Bonchev–Trinajstić information content (AvgIpc) is 2.40. The van der Waals surface area contributed by atoms with Crippen LogP contribution in [0.15, 0.2) is 45.3 Å². The second kappa shape index (κ2) is 6.78. The van der Waals surface area contributed by atoms with Gasteiger partial charge < -0.3 is 5.32 Å². The molecule has 0 spiro atoms. The summed E-state index contributed by atoms with van der Waals surface area (Å²) >= 11 is 6.63. The molecule has 1 N–H and O–H groups in total. The molecule has 0 heterocycles. The van der Waals surface area contributed by atoms with Gasteiger partial charge in [0.2, 0.25) is 0 Å². The third-order valence-corrected chi connectivity index (χ3v) is 4.39. The molecule has 1 unspecified atom stereocenters. The number of rotatable bonds is 4. The van der Waals surface area contributed by atoms with Crippen molar-refractivity contribution in [2.45, 2.75) is 12.5 Å². The first-order chi connectivity index (χ1) is 9.51. The zero-order chi connectivity index (χ0) is 14.7. The van der Waals surface area contributed by atoms with E-state index in [0.717, 1.165) is 10.0 Å². The van der Waals surface area contributed by atoms with E-state index in [1.54, 1.807) is 25.2 Å². The Bertz CT molecular complexity index is 617. The molecule has 0 bridgehead atoms. The van der Waals surface area contributed by atoms with Crippen LogP contribution in [0, 0.1) is 11.6 Å². The van der Waals surface area contributed by atoms with E-state index in [4.69, 9.17) is 0 Å². The van der Waals surface area contributed by atoms with Gasteiger partial charge in [0.25, 0.3) is 0 Å². The Morgan fingerprint density at radius 2 is 1.85 bits per heavy atom. The lowest BCUT2D eigenvalue weighted by molar-refractivity contribution is 0.531. The molecule has 0 saturated carbocycles. The molecule has 0 radical (unpaired) electrons. The molecule has 5 heteroatoms. The summed E-state index contributed by atoms with van der Waals surface area (Å²) in [4.78, 5) is 0. The molecule has 1 atom stereocenters. The molecule has 2 aromatic carbocycles. The summed E-state index contributed by atoms with van der Waals surface area (Å²) < 4.78 is 28.8. The smallest absolute Gasteiger partial charge is 0.129 e. The Balaban J connectivity index is 2.31. The fourth-order valence-corrected chi connectivity index (χ4v) is 2.81. The van der Waals surface area contributed by atoms with Gasteiger partial charge in [-0.25, -0.2) is 8.78 Å². The van der Waals surface area contributed by atoms with Crippen LogP contribution in [-0.2, 0) is 6.42 Å². The fourth-order valence-electron chi connectivity index (χ4n) is 2.07. The predicted molar refractivity (Wildman–Crippen MR) is 83.7 cm³/mol. The number of hydrogen-bond acceptors (Lipinski definition) is 1. The monoisotopic (exact) mass is 403 g/mol. The Kier molecular flexibility index (Phi) is 5.29. The van der Waals surface area contributed by atoms with Crippen molar-refractivity contribution in [3.05, 3.63) is 68.1 Å². The quantitative estimate of drug-likeness (QED) is 0.756. The van der Waals surface area contributed by atoms with Crippen molar-refractivity contribution in [1.82, 2.24) is 5.32 Å². The van der Waals surface area contributed by atoms with Gasteiger partial charge in [-0.1, -0.05) is 37.9 Å². The van der Waals surface area contributed by atoms with Crippen LogP contribution in [0.2, 0.25) is 0 Å². The lowest BCUT2D eigenvalue weighted by Gasteiger charge is -2.18. The molecule has 20 heavy (non-hydrogen) atoms. The number of nitrogens with one attached hydrogen (secondary N) is 1. The third-order valence-electron chi connectivity index (χ3n) is 3.12. The third kappa shape index (κ3) is 3.65. The minimum Gasteiger partial charge on any atom is -0.313 e. The average molecular weight is 405 g/mol. The van der Waals surface area contributed by atoms with Crippen molar-refractivity contribution in [1.29, 1.82) is 0 Å². The molecule has 1 nitrogen and oxygen atoms in total. The lowest BCUT2D eigenvalue weighted by Crippen LogP contribution is -2.20. The highest BCUT2D eigenvalue weighted by Gasteiger charge is 2.16. The van der Waals surface area contributed by atoms with E-state index in [1.807, 2.05) is 0 Å². The van der Waals surface area contributed by atoms with Crippen molar-refractivity contribution in [3.8, 4) is 0 Å². The highest BCUT2D eigenvalue weighted by Crippen LogP contribution is 2.27. The molecule has 0 aliphatic carbocycles. The summed E-state index contributed by atoms with van der Waals surface area (Å²) in [5, 5.41) is 3.08. The Morgan fingerprint density at radius 3 is 2.50 bits per heavy atom. The molecule has 106 valence electrons. The summed E-state index contributed by atoms with van der Waals surface area (Å²) in [7, 11) is 1.76. The minimum atomic E-state index is -0.297. The van der Waals surface area contributed by atoms with Crippen molar-refractivity contribution in [2.75, 3.05) is 7.05 Å². The summed E-state index contributed by atoms with van der Waals surface area (Å²) in [6.45, 7) is 0. The van der Waals surface area contributed by atoms with Gasteiger partial charge in [0.1, 0.15) is 11.6 Å². The first-order valence-electron chi connectivity index (χ1n) is 6.07. The van der Waals surface area contributed by atoms with Crippen LogP contribution in [0.4, 0.5) is 8.78 Å². The molecule has 0 saturated heterocycles. The molecule has 2 rings (SSSR count). The predicted octanol–water partition coefficient (Wildman–Crippen LogP) is 4.99. The van der Waals surface area contributed by atoms with Crippen molar-refractivity contribution < 1.29 is 8.78 Å². The van der Waals surface area contributed by atoms with E-state index in [9.17, 15) is 8.78 Å². The van der Waals surface area contributed by atoms with Gasteiger partial charge in [-0.3, -0.25) is 0 Å². The largest absolute Gasteiger partial charge is 0.313 e. The zero-order valence-corrected chi connectivity index (χ0v) is 13.9. The van der Waals surface area contributed by atoms with Crippen molar-refractivity contribution in [2.24, 2.45) is 0 Å². The van der Waals surface area contributed by atoms with Crippen LogP contribution < -0.4 is 5.32 Å². The molecular weight excluding hydrogens is 392 g/mol. The number of likely N-dealkylation sites (N-methyl/N-ethyl adjacent to an activating group) is 1. The van der Waals surface area contributed by atoms with E-state index in [-0.39, 0.29) is 17.7 Å². The first-order valence-corrected chi connectivity index (χ1v) is 7.66. The van der Waals surface area contributed by atoms with Crippen LogP contribution in [0.25, 0.3) is 0 Å². The van der Waals surface area contributed by atoms with Gasteiger partial charge in [0.05, 0.1) is 0 Å². The molecule has 0 aliphatic rings. The van der Waals surface area contributed by atoms with Gasteiger partial charge in [0, 0.05) is 20.6 Å². The van der Waals surface area contributed by atoms with Crippen LogP contribution in [0.5, 0.6) is 0 Å². The molecule has 2 aromatic rings. The summed E-state index contributed by atoms with van der Waals surface area (Å²) in [6.07, 6.45) is 0.493. The van der Waals surface area contributed by atoms with E-state index < -0.39 is 0 Å². The summed E-state index contributed by atoms with van der Waals surface area (Å²) in [5.41, 5.74) is 1.36. The van der Waals surface area contributed by atoms with E-state index in [0.29, 0.717) is 16.5 Å². The highest BCUT2D eigenvalue weighted by molar-refractivity contribution is 9.10. The number of halogens is 4. The molecule has 0 aromatic heterocycles. The fraction of sp³-hybridized carbons (Fsp3) is 0.200. The van der Waals surface area contributed by atoms with E-state index in [2.05, 4.69) is 37.2 Å². The molecule has 0 aliphatic heterocycles. The second-order valence-corrected chi connectivity index (χ2v) is 6.22. The zero-order valence-electron chi connectivity index (χ0n) is 10.8. The van der Waals surface area contributed by atoms with Crippen LogP contribution in [0.1, 0.15) is 17.2 Å². The SMILES string of the molecule is CNC(Cc1cc(F)ccc1Br)c1ccc(Br)cc1F. The van der Waals surface area contributed by atoms with Gasteiger partial charge in [-0.2, -0.15) is 0 Å². The highest BCUT2D eigenvalue weighted by atomic mass is 79.9. The molecule has 0 fully saturated rings. The van der Waals surface area contributed by atoms with Gasteiger partial charge >= 0.3 is 0 Å². The van der Waals surface area contributed by atoms with Crippen molar-refractivity contribution >= 4 is 31.9 Å². The second-order valence-electron chi connectivity index (χ2n) is 4.45. The summed E-state index contributed by atoms with van der Waals surface area (Å²) in [6, 6.07) is 9.25. The Labute approximate surface area is 133 Å². The Morgan fingerprint density at radius 1 is 1.10 bits per heavy atom. The summed E-state index contributed by atoms with van der Waals surface area (Å²) in [5.74, 6) is -0.583. The van der Waals surface area contributed by atoms with Gasteiger partial charge in [0.15, 0.2) is 0 Å². The van der Waals surface area contributed by atoms with Crippen LogP contribution in [0.3, 0.4) is 0 Å².